The molecule has 0 amide bonds. The molecule has 1 rings (SSSR count). The molecular formula is C13H16FN. The molecule has 2 heteroatoms. The summed E-state index contributed by atoms with van der Waals surface area (Å²) in [6, 6.07) is 4.94. The van der Waals surface area contributed by atoms with Gasteiger partial charge in [-0.1, -0.05) is 13.0 Å². The van der Waals surface area contributed by atoms with E-state index in [-0.39, 0.29) is 11.9 Å². The third kappa shape index (κ3) is 3.07. The number of terminal acetylenes is 1. The Bertz CT molecular complexity index is 365. The minimum atomic E-state index is -0.202. The summed E-state index contributed by atoms with van der Waals surface area (Å²) in [6.07, 6.45) is 5.94. The summed E-state index contributed by atoms with van der Waals surface area (Å²) in [5.74, 6) is 2.44. The molecule has 0 saturated carbocycles. The first kappa shape index (κ1) is 11.7. The molecule has 1 aromatic carbocycles. The van der Waals surface area contributed by atoms with Gasteiger partial charge < -0.3 is 5.32 Å². The molecule has 15 heavy (non-hydrogen) atoms. The molecule has 0 aliphatic heterocycles. The number of hydrogen-bond acceptors (Lipinski definition) is 1. The SMILES string of the molecule is C#CCC(NCC)c1ccc(F)cc1C. The maximum atomic E-state index is 12.9. The van der Waals surface area contributed by atoms with Crippen molar-refractivity contribution in [3.63, 3.8) is 0 Å². The average molecular weight is 205 g/mol. The number of hydrogen-bond donors (Lipinski definition) is 1. The fraction of sp³-hybridized carbons (Fsp3) is 0.385. The Balaban J connectivity index is 2.95. The number of nitrogens with one attached hydrogen (secondary N) is 1. The van der Waals surface area contributed by atoms with Gasteiger partial charge in [0, 0.05) is 12.5 Å². The normalized spacial score (nSPS) is 12.1. The van der Waals surface area contributed by atoms with Crippen LogP contribution in [0, 0.1) is 25.1 Å². The van der Waals surface area contributed by atoms with E-state index in [1.165, 1.54) is 12.1 Å². The highest BCUT2D eigenvalue weighted by atomic mass is 19.1. The lowest BCUT2D eigenvalue weighted by Crippen LogP contribution is -2.21. The minimum absolute atomic E-state index is 0.126. The Morgan fingerprint density at radius 3 is 2.80 bits per heavy atom. The van der Waals surface area contributed by atoms with Crippen molar-refractivity contribution in [3.8, 4) is 12.3 Å². The van der Waals surface area contributed by atoms with Crippen LogP contribution in [0.2, 0.25) is 0 Å². The van der Waals surface area contributed by atoms with E-state index in [9.17, 15) is 4.39 Å². The molecule has 0 spiro atoms. The van der Waals surface area contributed by atoms with Crippen LogP contribution in [0.15, 0.2) is 18.2 Å². The van der Waals surface area contributed by atoms with Crippen molar-refractivity contribution in [2.75, 3.05) is 6.54 Å². The molecule has 0 saturated heterocycles. The van der Waals surface area contributed by atoms with Crippen molar-refractivity contribution >= 4 is 0 Å². The quantitative estimate of drug-likeness (QED) is 0.745. The van der Waals surface area contributed by atoms with E-state index in [1.807, 2.05) is 13.8 Å². The zero-order chi connectivity index (χ0) is 11.3. The Labute approximate surface area is 90.7 Å². The van der Waals surface area contributed by atoms with Crippen LogP contribution < -0.4 is 5.32 Å². The second-order valence-electron chi connectivity index (χ2n) is 3.52. The summed E-state index contributed by atoms with van der Waals surface area (Å²) in [7, 11) is 0. The van der Waals surface area contributed by atoms with Crippen molar-refractivity contribution in [3.05, 3.63) is 35.1 Å². The standard InChI is InChI=1S/C13H16FN/c1-4-6-13(15-5-2)12-8-7-11(14)9-10(12)3/h1,7-9,13,15H,5-6H2,2-3H3. The molecule has 1 nitrogen and oxygen atoms in total. The summed E-state index contributed by atoms with van der Waals surface area (Å²) in [4.78, 5) is 0. The molecule has 0 heterocycles. The van der Waals surface area contributed by atoms with Crippen molar-refractivity contribution in [2.45, 2.75) is 26.3 Å². The van der Waals surface area contributed by atoms with E-state index >= 15 is 0 Å². The third-order valence-electron chi connectivity index (χ3n) is 2.38. The van der Waals surface area contributed by atoms with Crippen molar-refractivity contribution < 1.29 is 4.39 Å². The molecule has 1 unspecified atom stereocenters. The smallest absolute Gasteiger partial charge is 0.123 e. The van der Waals surface area contributed by atoms with Gasteiger partial charge in [0.15, 0.2) is 0 Å². The first-order valence-corrected chi connectivity index (χ1v) is 5.12. The molecule has 80 valence electrons. The highest BCUT2D eigenvalue weighted by Gasteiger charge is 2.11. The van der Waals surface area contributed by atoms with E-state index in [2.05, 4.69) is 11.2 Å². The van der Waals surface area contributed by atoms with E-state index < -0.39 is 0 Å². The molecule has 0 bridgehead atoms. The molecule has 1 aromatic rings. The average Bonchev–Trinajstić information content (AvgIpc) is 2.17. The van der Waals surface area contributed by atoms with Crippen LogP contribution >= 0.6 is 0 Å². The van der Waals surface area contributed by atoms with E-state index in [1.54, 1.807) is 6.07 Å². The summed E-state index contributed by atoms with van der Waals surface area (Å²) < 4.78 is 12.9. The summed E-state index contributed by atoms with van der Waals surface area (Å²) in [5, 5.41) is 3.30. The van der Waals surface area contributed by atoms with Gasteiger partial charge in [-0.2, -0.15) is 0 Å². The molecule has 1 atom stereocenters. The van der Waals surface area contributed by atoms with Crippen LogP contribution in [0.5, 0.6) is 0 Å². The first-order chi connectivity index (χ1) is 7.19. The zero-order valence-electron chi connectivity index (χ0n) is 9.18. The second kappa shape index (κ2) is 5.53. The Morgan fingerprint density at radius 2 is 2.27 bits per heavy atom. The number of aryl methyl sites for hydroxylation is 1. The van der Waals surface area contributed by atoms with Gasteiger partial charge in [-0.25, -0.2) is 4.39 Å². The molecule has 0 aliphatic carbocycles. The van der Waals surface area contributed by atoms with E-state index in [0.29, 0.717) is 6.42 Å². The lowest BCUT2D eigenvalue weighted by Gasteiger charge is -2.17. The fourth-order valence-electron chi connectivity index (χ4n) is 1.69. The first-order valence-electron chi connectivity index (χ1n) is 5.12. The lowest BCUT2D eigenvalue weighted by molar-refractivity contribution is 0.559. The molecular weight excluding hydrogens is 189 g/mol. The molecule has 1 N–H and O–H groups in total. The number of benzene rings is 1. The topological polar surface area (TPSA) is 12.0 Å². The highest BCUT2D eigenvalue weighted by Crippen LogP contribution is 2.21. The fourth-order valence-corrected chi connectivity index (χ4v) is 1.69. The van der Waals surface area contributed by atoms with E-state index in [4.69, 9.17) is 6.42 Å². The van der Waals surface area contributed by atoms with Gasteiger partial charge in [0.2, 0.25) is 0 Å². The lowest BCUT2D eigenvalue weighted by atomic mass is 9.99. The van der Waals surface area contributed by atoms with E-state index in [0.717, 1.165) is 17.7 Å². The predicted molar refractivity (Wildman–Crippen MR) is 61.0 cm³/mol. The van der Waals surface area contributed by atoms with Crippen LogP contribution in [0.3, 0.4) is 0 Å². The monoisotopic (exact) mass is 205 g/mol. The van der Waals surface area contributed by atoms with Gasteiger partial charge >= 0.3 is 0 Å². The largest absolute Gasteiger partial charge is 0.309 e. The Kier molecular flexibility index (Phi) is 4.33. The van der Waals surface area contributed by atoms with Crippen LogP contribution in [0.25, 0.3) is 0 Å². The zero-order valence-corrected chi connectivity index (χ0v) is 9.18. The number of halogens is 1. The molecule has 0 fully saturated rings. The van der Waals surface area contributed by atoms with Gasteiger partial charge in [-0.05, 0) is 36.7 Å². The van der Waals surface area contributed by atoms with Gasteiger partial charge in [0.05, 0.1) is 0 Å². The molecule has 0 aromatic heterocycles. The third-order valence-corrected chi connectivity index (χ3v) is 2.38. The molecule has 0 radical (unpaired) electrons. The van der Waals surface area contributed by atoms with Crippen LogP contribution in [0.4, 0.5) is 4.39 Å². The summed E-state index contributed by atoms with van der Waals surface area (Å²) in [5.41, 5.74) is 2.02. The van der Waals surface area contributed by atoms with Gasteiger partial charge in [-0.15, -0.1) is 12.3 Å². The van der Waals surface area contributed by atoms with Gasteiger partial charge in [0.25, 0.3) is 0 Å². The minimum Gasteiger partial charge on any atom is -0.309 e. The van der Waals surface area contributed by atoms with Crippen molar-refractivity contribution in [1.29, 1.82) is 0 Å². The van der Waals surface area contributed by atoms with Gasteiger partial charge in [-0.3, -0.25) is 0 Å². The predicted octanol–water partition coefficient (Wildman–Crippen LogP) is 2.81. The van der Waals surface area contributed by atoms with Gasteiger partial charge in [0.1, 0.15) is 5.82 Å². The highest BCUT2D eigenvalue weighted by molar-refractivity contribution is 5.30. The maximum absolute atomic E-state index is 12.9. The maximum Gasteiger partial charge on any atom is 0.123 e. The van der Waals surface area contributed by atoms with Crippen LogP contribution in [-0.4, -0.2) is 6.54 Å². The summed E-state index contributed by atoms with van der Waals surface area (Å²) >= 11 is 0. The van der Waals surface area contributed by atoms with Crippen LogP contribution in [0.1, 0.15) is 30.5 Å². The van der Waals surface area contributed by atoms with Crippen LogP contribution in [-0.2, 0) is 0 Å². The Morgan fingerprint density at radius 1 is 1.53 bits per heavy atom. The van der Waals surface area contributed by atoms with Crippen molar-refractivity contribution in [2.24, 2.45) is 0 Å². The summed E-state index contributed by atoms with van der Waals surface area (Å²) in [6.45, 7) is 4.78. The molecule has 0 aliphatic rings. The second-order valence-corrected chi connectivity index (χ2v) is 3.52. The van der Waals surface area contributed by atoms with Crippen molar-refractivity contribution in [1.82, 2.24) is 5.32 Å². The number of rotatable bonds is 4. The Hall–Kier alpha value is -1.33.